The molecule has 2 amide bonds. The summed E-state index contributed by atoms with van der Waals surface area (Å²) in [6, 6.07) is 5.24. The van der Waals surface area contributed by atoms with Crippen molar-refractivity contribution in [1.82, 2.24) is 10.6 Å². The minimum Gasteiger partial charge on any atom is -0.469 e. The topological polar surface area (TPSA) is 95.1 Å². The van der Waals surface area contributed by atoms with E-state index in [0.717, 1.165) is 5.76 Å². The van der Waals surface area contributed by atoms with Crippen LogP contribution in [0.25, 0.3) is 0 Å². The summed E-state index contributed by atoms with van der Waals surface area (Å²) in [6.45, 7) is 1.63. The van der Waals surface area contributed by atoms with Gasteiger partial charge in [-0.3, -0.25) is 9.59 Å². The molecule has 18 heavy (non-hydrogen) atoms. The van der Waals surface area contributed by atoms with Crippen LogP contribution in [0, 0.1) is 11.3 Å². The number of nitrogens with one attached hydrogen (secondary N) is 2. The van der Waals surface area contributed by atoms with Gasteiger partial charge in [0.05, 0.1) is 12.3 Å². The smallest absolute Gasteiger partial charge is 0.310 e. The summed E-state index contributed by atoms with van der Waals surface area (Å²) in [5.74, 6) is -0.677. The lowest BCUT2D eigenvalue weighted by Crippen LogP contribution is -2.43. The lowest BCUT2D eigenvalue weighted by molar-refractivity contribution is -0.139. The van der Waals surface area contributed by atoms with Crippen LogP contribution in [-0.2, 0) is 16.0 Å². The highest BCUT2D eigenvalue weighted by Gasteiger charge is 2.15. The van der Waals surface area contributed by atoms with Crippen molar-refractivity contribution in [3.8, 4) is 6.07 Å². The number of furan rings is 1. The summed E-state index contributed by atoms with van der Waals surface area (Å²) in [5.41, 5.74) is 0. The van der Waals surface area contributed by atoms with Gasteiger partial charge >= 0.3 is 11.8 Å². The van der Waals surface area contributed by atoms with Crippen LogP contribution in [0.3, 0.4) is 0 Å². The van der Waals surface area contributed by atoms with Gasteiger partial charge in [-0.25, -0.2) is 0 Å². The summed E-state index contributed by atoms with van der Waals surface area (Å²) >= 11 is 0. The zero-order valence-electron chi connectivity index (χ0n) is 10.1. The molecule has 0 aliphatic carbocycles. The van der Waals surface area contributed by atoms with Gasteiger partial charge in [0.1, 0.15) is 12.3 Å². The van der Waals surface area contributed by atoms with Gasteiger partial charge < -0.3 is 15.1 Å². The molecule has 1 unspecified atom stereocenters. The average Bonchev–Trinajstić information content (AvgIpc) is 2.86. The second kappa shape index (κ2) is 7.12. The second-order valence-corrected chi connectivity index (χ2v) is 3.83. The first-order valence-corrected chi connectivity index (χ1v) is 5.61. The Morgan fingerprint density at radius 1 is 1.50 bits per heavy atom. The monoisotopic (exact) mass is 249 g/mol. The predicted molar refractivity (Wildman–Crippen MR) is 63.3 cm³/mol. The van der Waals surface area contributed by atoms with E-state index in [2.05, 4.69) is 10.6 Å². The van der Waals surface area contributed by atoms with Crippen molar-refractivity contribution >= 4 is 11.8 Å². The summed E-state index contributed by atoms with van der Waals surface area (Å²) in [7, 11) is 0. The number of hydrogen-bond acceptors (Lipinski definition) is 4. The molecule has 1 aromatic heterocycles. The molecule has 6 heteroatoms. The number of amides is 2. The Bertz CT molecular complexity index is 434. The SMILES string of the molecule is CC(CCc1ccco1)NC(=O)C(=O)NCC#N. The summed E-state index contributed by atoms with van der Waals surface area (Å²) in [6.07, 6.45) is 2.95. The molecule has 1 heterocycles. The standard InChI is InChI=1S/C12H15N3O3/c1-9(4-5-10-3-2-8-18-10)15-12(17)11(16)14-7-6-13/h2-3,8-9H,4-5,7H2,1H3,(H,14,16)(H,15,17). The van der Waals surface area contributed by atoms with Crippen LogP contribution in [0.1, 0.15) is 19.1 Å². The minimum absolute atomic E-state index is 0.143. The van der Waals surface area contributed by atoms with E-state index in [1.54, 1.807) is 25.3 Å². The van der Waals surface area contributed by atoms with Crippen molar-refractivity contribution in [2.24, 2.45) is 0 Å². The normalized spacial score (nSPS) is 11.3. The van der Waals surface area contributed by atoms with Gasteiger partial charge in [0.2, 0.25) is 0 Å². The van der Waals surface area contributed by atoms with Gasteiger partial charge in [-0.05, 0) is 25.5 Å². The first-order valence-electron chi connectivity index (χ1n) is 5.61. The maximum atomic E-state index is 11.4. The number of nitriles is 1. The fourth-order valence-electron chi connectivity index (χ4n) is 1.38. The van der Waals surface area contributed by atoms with Crippen LogP contribution >= 0.6 is 0 Å². The third-order valence-electron chi connectivity index (χ3n) is 2.32. The second-order valence-electron chi connectivity index (χ2n) is 3.83. The number of aryl methyl sites for hydroxylation is 1. The van der Waals surface area contributed by atoms with Crippen LogP contribution < -0.4 is 10.6 Å². The highest BCUT2D eigenvalue weighted by atomic mass is 16.3. The molecule has 96 valence electrons. The molecular formula is C12H15N3O3. The van der Waals surface area contributed by atoms with Crippen LogP contribution in [0.15, 0.2) is 22.8 Å². The van der Waals surface area contributed by atoms with Crippen LogP contribution in [0.2, 0.25) is 0 Å². The van der Waals surface area contributed by atoms with E-state index in [9.17, 15) is 9.59 Å². The summed E-state index contributed by atoms with van der Waals surface area (Å²) in [5, 5.41) is 13.0. The number of rotatable bonds is 5. The quantitative estimate of drug-likeness (QED) is 0.581. The molecule has 0 aliphatic rings. The van der Waals surface area contributed by atoms with Crippen molar-refractivity contribution in [3.63, 3.8) is 0 Å². The van der Waals surface area contributed by atoms with E-state index in [1.165, 1.54) is 0 Å². The van der Waals surface area contributed by atoms with Crippen molar-refractivity contribution in [3.05, 3.63) is 24.2 Å². The Morgan fingerprint density at radius 2 is 2.28 bits per heavy atom. The molecule has 0 aromatic carbocycles. The molecule has 0 saturated heterocycles. The van der Waals surface area contributed by atoms with Crippen molar-refractivity contribution < 1.29 is 14.0 Å². The van der Waals surface area contributed by atoms with E-state index in [1.807, 2.05) is 6.07 Å². The van der Waals surface area contributed by atoms with Gasteiger partial charge in [-0.15, -0.1) is 0 Å². The Kier molecular flexibility index (Phi) is 5.45. The first kappa shape index (κ1) is 13.8. The zero-order chi connectivity index (χ0) is 13.4. The van der Waals surface area contributed by atoms with E-state index >= 15 is 0 Å². The third-order valence-corrected chi connectivity index (χ3v) is 2.32. The molecule has 1 atom stereocenters. The van der Waals surface area contributed by atoms with E-state index in [-0.39, 0.29) is 12.6 Å². The Labute approximate surface area is 105 Å². The van der Waals surface area contributed by atoms with Crippen molar-refractivity contribution in [2.75, 3.05) is 6.54 Å². The molecule has 0 fully saturated rings. The van der Waals surface area contributed by atoms with Crippen LogP contribution in [0.5, 0.6) is 0 Å². The fourth-order valence-corrected chi connectivity index (χ4v) is 1.38. The first-order chi connectivity index (χ1) is 8.63. The third kappa shape index (κ3) is 4.70. The molecule has 2 N–H and O–H groups in total. The Morgan fingerprint density at radius 3 is 2.89 bits per heavy atom. The highest BCUT2D eigenvalue weighted by Crippen LogP contribution is 2.05. The molecule has 0 aliphatic heterocycles. The predicted octanol–water partition coefficient (Wildman–Crippen LogP) is 0.357. The highest BCUT2D eigenvalue weighted by molar-refractivity contribution is 6.35. The molecular weight excluding hydrogens is 234 g/mol. The van der Waals surface area contributed by atoms with E-state index in [4.69, 9.17) is 9.68 Å². The average molecular weight is 249 g/mol. The van der Waals surface area contributed by atoms with E-state index < -0.39 is 11.8 Å². The molecule has 0 radical (unpaired) electrons. The molecule has 1 rings (SSSR count). The molecule has 6 nitrogen and oxygen atoms in total. The lowest BCUT2D eigenvalue weighted by atomic mass is 10.1. The molecule has 0 saturated carbocycles. The Hall–Kier alpha value is -2.29. The lowest BCUT2D eigenvalue weighted by Gasteiger charge is -2.12. The zero-order valence-corrected chi connectivity index (χ0v) is 10.1. The summed E-state index contributed by atoms with van der Waals surface area (Å²) < 4.78 is 5.16. The van der Waals surface area contributed by atoms with E-state index in [0.29, 0.717) is 12.8 Å². The summed E-state index contributed by atoms with van der Waals surface area (Å²) in [4.78, 5) is 22.5. The van der Waals surface area contributed by atoms with Gasteiger partial charge in [0, 0.05) is 12.5 Å². The van der Waals surface area contributed by atoms with Crippen LogP contribution in [0.4, 0.5) is 0 Å². The van der Waals surface area contributed by atoms with Gasteiger partial charge in [0.15, 0.2) is 0 Å². The van der Waals surface area contributed by atoms with Crippen LogP contribution in [-0.4, -0.2) is 24.4 Å². The van der Waals surface area contributed by atoms with Gasteiger partial charge in [0.25, 0.3) is 0 Å². The minimum atomic E-state index is -0.790. The maximum Gasteiger partial charge on any atom is 0.310 e. The molecule has 0 spiro atoms. The van der Waals surface area contributed by atoms with Crippen molar-refractivity contribution in [2.45, 2.75) is 25.8 Å². The number of nitrogens with zero attached hydrogens (tertiary/aromatic N) is 1. The largest absolute Gasteiger partial charge is 0.469 e. The Balaban J connectivity index is 2.27. The molecule has 1 aromatic rings. The van der Waals surface area contributed by atoms with Gasteiger partial charge in [-0.2, -0.15) is 5.26 Å². The number of carbonyl (C=O) groups excluding carboxylic acids is 2. The van der Waals surface area contributed by atoms with Crippen molar-refractivity contribution in [1.29, 1.82) is 5.26 Å². The number of carbonyl (C=O) groups is 2. The number of hydrogen-bond donors (Lipinski definition) is 2. The fraction of sp³-hybridized carbons (Fsp3) is 0.417. The maximum absolute atomic E-state index is 11.4. The van der Waals surface area contributed by atoms with Gasteiger partial charge in [-0.1, -0.05) is 0 Å². The molecule has 0 bridgehead atoms.